The Bertz CT molecular complexity index is 631. The lowest BCUT2D eigenvalue weighted by molar-refractivity contribution is -0.122. The summed E-state index contributed by atoms with van der Waals surface area (Å²) in [6.45, 7) is 1.54. The van der Waals surface area contributed by atoms with Crippen molar-refractivity contribution in [2.75, 3.05) is 19.6 Å². The number of nitrogens with one attached hydrogen (secondary N) is 2. The lowest BCUT2D eigenvalue weighted by atomic mass is 10.1. The van der Waals surface area contributed by atoms with E-state index in [-0.39, 0.29) is 5.91 Å². The Morgan fingerprint density at radius 3 is 2.85 bits per heavy atom. The summed E-state index contributed by atoms with van der Waals surface area (Å²) in [5.74, 6) is -0.673. The summed E-state index contributed by atoms with van der Waals surface area (Å²) in [4.78, 5) is 28.6. The molecular weight excluding hydrogens is 256 g/mol. The average Bonchev–Trinajstić information content (AvgIpc) is 2.90. The first kappa shape index (κ1) is 12.7. The van der Waals surface area contributed by atoms with Gasteiger partial charge < -0.3 is 20.9 Å². The van der Waals surface area contributed by atoms with E-state index in [0.29, 0.717) is 25.3 Å². The topological polar surface area (TPSA) is 91.2 Å². The molecule has 1 aromatic heterocycles. The second-order valence-electron chi connectivity index (χ2n) is 4.89. The molecule has 1 aliphatic heterocycles. The molecule has 1 aliphatic rings. The van der Waals surface area contributed by atoms with Crippen LogP contribution >= 0.6 is 0 Å². The first-order chi connectivity index (χ1) is 9.66. The molecule has 0 aliphatic carbocycles. The average molecular weight is 272 g/mol. The third-order valence-corrected chi connectivity index (χ3v) is 3.59. The highest BCUT2D eigenvalue weighted by Gasteiger charge is 2.31. The second-order valence-corrected chi connectivity index (χ2v) is 4.89. The molecule has 0 spiro atoms. The van der Waals surface area contributed by atoms with Crippen LogP contribution in [0.2, 0.25) is 0 Å². The van der Waals surface area contributed by atoms with E-state index >= 15 is 0 Å². The summed E-state index contributed by atoms with van der Waals surface area (Å²) in [5.41, 5.74) is 6.76. The van der Waals surface area contributed by atoms with Crippen LogP contribution in [0.3, 0.4) is 0 Å². The van der Waals surface area contributed by atoms with Gasteiger partial charge in [0, 0.05) is 30.5 Å². The molecule has 2 heterocycles. The zero-order valence-corrected chi connectivity index (χ0v) is 10.9. The summed E-state index contributed by atoms with van der Waals surface area (Å²) in [5, 5.41) is 4.05. The maximum atomic E-state index is 12.5. The summed E-state index contributed by atoms with van der Waals surface area (Å²) in [7, 11) is 0. The Morgan fingerprint density at radius 1 is 1.30 bits per heavy atom. The molecule has 104 valence electrons. The third kappa shape index (κ3) is 2.14. The highest BCUT2D eigenvalue weighted by molar-refractivity contribution is 6.00. The smallest absolute Gasteiger partial charge is 0.271 e. The number of aromatic nitrogens is 1. The van der Waals surface area contributed by atoms with Crippen LogP contribution in [0.1, 0.15) is 10.5 Å². The fourth-order valence-corrected chi connectivity index (χ4v) is 2.54. The third-order valence-electron chi connectivity index (χ3n) is 3.59. The summed E-state index contributed by atoms with van der Waals surface area (Å²) in [6, 6.07) is 8.88. The number of hydrogen-bond acceptors (Lipinski definition) is 3. The Kier molecular flexibility index (Phi) is 3.15. The Labute approximate surface area is 115 Å². The predicted molar refractivity (Wildman–Crippen MR) is 75.2 cm³/mol. The molecule has 6 nitrogen and oxygen atoms in total. The quantitative estimate of drug-likeness (QED) is 0.722. The van der Waals surface area contributed by atoms with Crippen molar-refractivity contribution in [2.24, 2.45) is 5.73 Å². The summed E-state index contributed by atoms with van der Waals surface area (Å²) >= 11 is 0. The first-order valence-electron chi connectivity index (χ1n) is 6.55. The van der Waals surface area contributed by atoms with Crippen molar-refractivity contribution in [3.8, 4) is 0 Å². The molecule has 1 aromatic carbocycles. The van der Waals surface area contributed by atoms with E-state index in [4.69, 9.17) is 5.73 Å². The summed E-state index contributed by atoms with van der Waals surface area (Å²) < 4.78 is 0. The summed E-state index contributed by atoms with van der Waals surface area (Å²) in [6.07, 6.45) is 0. The molecule has 1 unspecified atom stereocenters. The monoisotopic (exact) mass is 272 g/mol. The first-order valence-corrected chi connectivity index (χ1v) is 6.55. The molecule has 0 bridgehead atoms. The van der Waals surface area contributed by atoms with Gasteiger partial charge in [-0.2, -0.15) is 0 Å². The van der Waals surface area contributed by atoms with E-state index in [1.807, 2.05) is 24.3 Å². The Hall–Kier alpha value is -2.34. The van der Waals surface area contributed by atoms with E-state index in [0.717, 1.165) is 10.9 Å². The van der Waals surface area contributed by atoms with E-state index in [2.05, 4.69) is 10.3 Å². The van der Waals surface area contributed by atoms with Crippen molar-refractivity contribution in [3.05, 3.63) is 36.0 Å². The van der Waals surface area contributed by atoms with E-state index in [1.165, 1.54) is 4.90 Å². The van der Waals surface area contributed by atoms with E-state index in [9.17, 15) is 9.59 Å². The van der Waals surface area contributed by atoms with E-state index in [1.54, 1.807) is 6.07 Å². The van der Waals surface area contributed by atoms with Crippen molar-refractivity contribution in [3.63, 3.8) is 0 Å². The number of nitrogens with two attached hydrogens (primary N) is 1. The number of rotatable bonds is 2. The molecule has 1 fully saturated rings. The van der Waals surface area contributed by atoms with Gasteiger partial charge >= 0.3 is 0 Å². The van der Waals surface area contributed by atoms with Gasteiger partial charge in [0.1, 0.15) is 11.7 Å². The van der Waals surface area contributed by atoms with Gasteiger partial charge in [0.15, 0.2) is 0 Å². The van der Waals surface area contributed by atoms with Gasteiger partial charge in [-0.15, -0.1) is 0 Å². The second kappa shape index (κ2) is 4.97. The van der Waals surface area contributed by atoms with Crippen LogP contribution in [-0.2, 0) is 4.79 Å². The van der Waals surface area contributed by atoms with Crippen molar-refractivity contribution >= 4 is 22.7 Å². The Balaban J connectivity index is 1.92. The van der Waals surface area contributed by atoms with Gasteiger partial charge in [-0.1, -0.05) is 18.2 Å². The number of fused-ring (bicyclic) bond motifs is 1. The standard InChI is InChI=1S/C14H16N4O2/c15-13(19)12-8-16-5-6-18(12)14(20)11-7-9-3-1-2-4-10(9)17-11/h1-4,7,12,16-17H,5-6,8H2,(H2,15,19). The number of amides is 2. The maximum Gasteiger partial charge on any atom is 0.271 e. The number of H-pyrrole nitrogens is 1. The molecule has 0 radical (unpaired) electrons. The number of primary amides is 1. The van der Waals surface area contributed by atoms with Gasteiger partial charge in [0.2, 0.25) is 5.91 Å². The van der Waals surface area contributed by atoms with Crippen LogP contribution in [0.5, 0.6) is 0 Å². The predicted octanol–water partition coefficient (Wildman–Crippen LogP) is 0.0672. The van der Waals surface area contributed by atoms with Gasteiger partial charge in [-0.3, -0.25) is 9.59 Å². The zero-order valence-electron chi connectivity index (χ0n) is 10.9. The van der Waals surface area contributed by atoms with E-state index < -0.39 is 11.9 Å². The largest absolute Gasteiger partial charge is 0.368 e. The number of para-hydroxylation sites is 1. The number of piperazine rings is 1. The van der Waals surface area contributed by atoms with Crippen LogP contribution < -0.4 is 11.1 Å². The van der Waals surface area contributed by atoms with Crippen molar-refractivity contribution in [1.29, 1.82) is 0 Å². The minimum Gasteiger partial charge on any atom is -0.368 e. The fourth-order valence-electron chi connectivity index (χ4n) is 2.54. The fraction of sp³-hybridized carbons (Fsp3) is 0.286. The molecule has 2 amide bonds. The van der Waals surface area contributed by atoms with Gasteiger partial charge in [0.25, 0.3) is 5.91 Å². The number of carbonyl (C=O) groups is 2. The number of aromatic amines is 1. The normalized spacial score (nSPS) is 19.2. The highest BCUT2D eigenvalue weighted by atomic mass is 16.2. The molecule has 2 aromatic rings. The van der Waals surface area contributed by atoms with Crippen LogP contribution in [0.25, 0.3) is 10.9 Å². The number of benzene rings is 1. The van der Waals surface area contributed by atoms with Crippen molar-refractivity contribution in [2.45, 2.75) is 6.04 Å². The maximum absolute atomic E-state index is 12.5. The molecule has 1 atom stereocenters. The number of hydrogen-bond donors (Lipinski definition) is 3. The van der Waals surface area contributed by atoms with Gasteiger partial charge in [-0.05, 0) is 12.1 Å². The van der Waals surface area contributed by atoms with Crippen LogP contribution in [0.4, 0.5) is 0 Å². The van der Waals surface area contributed by atoms with Crippen molar-refractivity contribution < 1.29 is 9.59 Å². The molecule has 4 N–H and O–H groups in total. The molecule has 0 saturated carbocycles. The molecular formula is C14H16N4O2. The lowest BCUT2D eigenvalue weighted by Crippen LogP contribution is -2.58. The minimum absolute atomic E-state index is 0.188. The van der Waals surface area contributed by atoms with Gasteiger partial charge in [0.05, 0.1) is 0 Å². The minimum atomic E-state index is -0.595. The van der Waals surface area contributed by atoms with Crippen LogP contribution in [-0.4, -0.2) is 47.4 Å². The van der Waals surface area contributed by atoms with Gasteiger partial charge in [-0.25, -0.2) is 0 Å². The molecule has 20 heavy (non-hydrogen) atoms. The molecule has 3 rings (SSSR count). The molecule has 1 saturated heterocycles. The van der Waals surface area contributed by atoms with Crippen molar-refractivity contribution in [1.82, 2.24) is 15.2 Å². The Morgan fingerprint density at radius 2 is 2.10 bits per heavy atom. The zero-order chi connectivity index (χ0) is 14.1. The number of nitrogens with zero attached hydrogens (tertiary/aromatic N) is 1. The lowest BCUT2D eigenvalue weighted by Gasteiger charge is -2.33. The van der Waals surface area contributed by atoms with Crippen LogP contribution in [0, 0.1) is 0 Å². The molecule has 6 heteroatoms. The SMILES string of the molecule is NC(=O)C1CNCCN1C(=O)c1cc2ccccc2[nH]1. The van der Waals surface area contributed by atoms with Crippen LogP contribution in [0.15, 0.2) is 30.3 Å². The number of carbonyl (C=O) groups excluding carboxylic acids is 2. The highest BCUT2D eigenvalue weighted by Crippen LogP contribution is 2.17.